The molecular formula is C38H45N5O4S2. The molecule has 6 rings (SSSR count). The third-order valence-corrected chi connectivity index (χ3v) is 12.0. The number of amides is 1. The van der Waals surface area contributed by atoms with Crippen LogP contribution in [0.25, 0.3) is 33.3 Å². The Kier molecular flexibility index (Phi) is 10.9. The zero-order valence-corrected chi connectivity index (χ0v) is 30.3. The summed E-state index contributed by atoms with van der Waals surface area (Å²) in [6.07, 6.45) is 4.68. The number of ketones is 1. The molecule has 0 bridgehead atoms. The van der Waals surface area contributed by atoms with Crippen LogP contribution < -0.4 is 10.5 Å². The van der Waals surface area contributed by atoms with Crippen molar-refractivity contribution in [3.05, 3.63) is 77.5 Å². The number of rotatable bonds is 14. The number of aliphatic hydroxyl groups excluding tert-OH is 1. The number of imidazole rings is 1. The lowest BCUT2D eigenvalue weighted by atomic mass is 10.1. The number of nitrogen functional groups attached to an aromatic ring is 1. The number of nitrogens with two attached hydrogens (primary N) is 1. The van der Waals surface area contributed by atoms with Gasteiger partial charge in [0.05, 0.1) is 40.4 Å². The fourth-order valence-electron chi connectivity index (χ4n) is 6.86. The highest BCUT2D eigenvalue weighted by molar-refractivity contribution is 8.17. The molecule has 0 unspecified atom stereocenters. The molecule has 1 aliphatic heterocycles. The Morgan fingerprint density at radius 1 is 1.08 bits per heavy atom. The van der Waals surface area contributed by atoms with Crippen LogP contribution in [0.2, 0.25) is 0 Å². The molecule has 1 saturated heterocycles. The smallest absolute Gasteiger partial charge is 0.256 e. The number of carbonyl (C=O) groups is 2. The highest BCUT2D eigenvalue weighted by Crippen LogP contribution is 2.37. The van der Waals surface area contributed by atoms with E-state index in [-0.39, 0.29) is 24.3 Å². The minimum Gasteiger partial charge on any atom is -0.493 e. The number of hydrogen-bond donors (Lipinski definition) is 2. The molecular weight excluding hydrogens is 655 g/mol. The lowest BCUT2D eigenvalue weighted by Gasteiger charge is -2.31. The van der Waals surface area contributed by atoms with Gasteiger partial charge in [-0.3, -0.25) is 9.59 Å². The number of benzene rings is 3. The van der Waals surface area contributed by atoms with Gasteiger partial charge < -0.3 is 29.6 Å². The fraction of sp³-hybridized carbons (Fsp3) is 0.395. The quantitative estimate of drug-likeness (QED) is 0.0534. The van der Waals surface area contributed by atoms with E-state index < -0.39 is 0 Å². The number of aromatic nitrogens is 3. The molecule has 11 heteroatoms. The van der Waals surface area contributed by atoms with Gasteiger partial charge in [-0.25, -0.2) is 4.98 Å². The number of Topliss-reactive ketones (excluding diaryl/α,β-unsaturated/α-hetero) is 1. The number of anilines is 1. The van der Waals surface area contributed by atoms with Gasteiger partial charge in [0, 0.05) is 65.7 Å². The first-order valence-electron chi connectivity index (χ1n) is 17.0. The molecule has 49 heavy (non-hydrogen) atoms. The van der Waals surface area contributed by atoms with E-state index in [0.717, 1.165) is 57.7 Å². The van der Waals surface area contributed by atoms with Crippen molar-refractivity contribution >= 4 is 62.8 Å². The van der Waals surface area contributed by atoms with Crippen LogP contribution >= 0.6 is 23.5 Å². The molecule has 3 heterocycles. The average molecular weight is 700 g/mol. The topological polar surface area (TPSA) is 116 Å². The standard InChI is InChI=1S/C38H45N5O4S2/c1-5-48-38(49-6-2)33-13-9-16-43(33)37(46)28-19-26(23-44)35(21-30(28)39)47-18-10-17-42-34-20-25(24(3)45)14-15-31(34)40-36(42)29-22-41(4)32-12-8-7-11-27(29)32/h7-8,11-12,14-15,19-22,33,38,44H,5-6,9-10,13,16-18,23,39H2,1-4H3/t33-/m0/s1. The molecule has 9 nitrogen and oxygen atoms in total. The highest BCUT2D eigenvalue weighted by atomic mass is 32.2. The van der Waals surface area contributed by atoms with E-state index in [4.69, 9.17) is 15.5 Å². The molecule has 1 fully saturated rings. The molecule has 0 aliphatic carbocycles. The van der Waals surface area contributed by atoms with Crippen LogP contribution in [-0.2, 0) is 20.2 Å². The van der Waals surface area contributed by atoms with Crippen LogP contribution in [-0.4, -0.2) is 71.1 Å². The van der Waals surface area contributed by atoms with Crippen LogP contribution in [0.15, 0.2) is 60.8 Å². The summed E-state index contributed by atoms with van der Waals surface area (Å²) in [6, 6.07) is 17.4. The second-order valence-electron chi connectivity index (χ2n) is 12.4. The number of nitrogens with zero attached hydrogens (tertiary/aromatic N) is 4. The summed E-state index contributed by atoms with van der Waals surface area (Å²) >= 11 is 3.80. The van der Waals surface area contributed by atoms with Gasteiger partial charge >= 0.3 is 0 Å². The van der Waals surface area contributed by atoms with Gasteiger partial charge in [-0.1, -0.05) is 32.0 Å². The fourth-order valence-corrected chi connectivity index (χ4v) is 9.73. The number of ether oxygens (including phenoxy) is 1. The van der Waals surface area contributed by atoms with E-state index in [9.17, 15) is 14.7 Å². The molecule has 1 amide bonds. The molecule has 0 radical (unpaired) electrons. The Hall–Kier alpha value is -3.93. The van der Waals surface area contributed by atoms with Crippen molar-refractivity contribution in [1.82, 2.24) is 19.0 Å². The van der Waals surface area contributed by atoms with Crippen molar-refractivity contribution in [1.29, 1.82) is 0 Å². The van der Waals surface area contributed by atoms with Crippen LogP contribution in [0.3, 0.4) is 0 Å². The third-order valence-electron chi connectivity index (χ3n) is 9.25. The number of aryl methyl sites for hydroxylation is 2. The van der Waals surface area contributed by atoms with E-state index in [2.05, 4.69) is 41.3 Å². The van der Waals surface area contributed by atoms with Crippen molar-refractivity contribution in [2.75, 3.05) is 30.4 Å². The normalized spacial score (nSPS) is 14.8. The summed E-state index contributed by atoms with van der Waals surface area (Å²) in [5, 5.41) is 11.4. The predicted octanol–water partition coefficient (Wildman–Crippen LogP) is 7.38. The number of aliphatic hydroxyl groups is 1. The zero-order chi connectivity index (χ0) is 34.7. The molecule has 3 aromatic carbocycles. The van der Waals surface area contributed by atoms with Gasteiger partial charge in [0.15, 0.2) is 5.78 Å². The monoisotopic (exact) mass is 699 g/mol. The molecule has 3 N–H and O–H groups in total. The van der Waals surface area contributed by atoms with Crippen LogP contribution in [0.5, 0.6) is 5.75 Å². The van der Waals surface area contributed by atoms with Crippen LogP contribution in [0.1, 0.15) is 66.3 Å². The zero-order valence-electron chi connectivity index (χ0n) is 28.6. The minimum atomic E-state index is -0.273. The number of likely N-dealkylation sites (tertiary alicyclic amines) is 1. The van der Waals surface area contributed by atoms with E-state index in [1.807, 2.05) is 65.8 Å². The lowest BCUT2D eigenvalue weighted by molar-refractivity contribution is 0.0746. The second-order valence-corrected chi connectivity index (χ2v) is 15.5. The second kappa shape index (κ2) is 15.3. The number of para-hydroxylation sites is 1. The number of carbonyl (C=O) groups excluding carboxylic acids is 2. The first-order chi connectivity index (χ1) is 23.7. The summed E-state index contributed by atoms with van der Waals surface area (Å²) in [4.78, 5) is 33.1. The first-order valence-corrected chi connectivity index (χ1v) is 19.1. The lowest BCUT2D eigenvalue weighted by Crippen LogP contribution is -2.41. The van der Waals surface area contributed by atoms with E-state index in [0.29, 0.717) is 58.8 Å². The molecule has 2 aromatic heterocycles. The summed E-state index contributed by atoms with van der Waals surface area (Å²) in [6.45, 7) is 7.25. The molecule has 1 aliphatic rings. The maximum atomic E-state index is 13.8. The first kappa shape index (κ1) is 34.9. The van der Waals surface area contributed by atoms with Gasteiger partial charge in [0.2, 0.25) is 0 Å². The van der Waals surface area contributed by atoms with E-state index >= 15 is 0 Å². The van der Waals surface area contributed by atoms with Crippen LogP contribution in [0.4, 0.5) is 5.69 Å². The Morgan fingerprint density at radius 2 is 1.86 bits per heavy atom. The van der Waals surface area contributed by atoms with Crippen molar-refractivity contribution in [2.24, 2.45) is 7.05 Å². The van der Waals surface area contributed by atoms with Crippen LogP contribution in [0, 0.1) is 0 Å². The largest absolute Gasteiger partial charge is 0.493 e. The summed E-state index contributed by atoms with van der Waals surface area (Å²) in [7, 11) is 2.03. The van der Waals surface area contributed by atoms with E-state index in [1.54, 1.807) is 19.1 Å². The average Bonchev–Trinajstić information content (AvgIpc) is 3.82. The minimum absolute atomic E-state index is 0.000473. The van der Waals surface area contributed by atoms with Gasteiger partial charge in [0.1, 0.15) is 11.6 Å². The summed E-state index contributed by atoms with van der Waals surface area (Å²) < 4.78 is 10.8. The third kappa shape index (κ3) is 7.07. The number of hydrogen-bond acceptors (Lipinski definition) is 8. The summed E-state index contributed by atoms with van der Waals surface area (Å²) in [5.41, 5.74) is 12.3. The molecule has 1 atom stereocenters. The van der Waals surface area contributed by atoms with Crippen molar-refractivity contribution in [2.45, 2.75) is 63.8 Å². The van der Waals surface area contributed by atoms with Gasteiger partial charge in [-0.15, -0.1) is 23.5 Å². The number of fused-ring (bicyclic) bond motifs is 2. The summed E-state index contributed by atoms with van der Waals surface area (Å²) in [5.74, 6) is 3.21. The SMILES string of the molecule is CCSC(SCC)[C@@H]1CCCN1C(=O)c1cc(CO)c(OCCCn2c(-c3cn(C)c4ccccc34)nc3ccc(C(C)=O)cc32)cc1N. The van der Waals surface area contributed by atoms with Gasteiger partial charge in [-0.2, -0.15) is 0 Å². The Labute approximate surface area is 296 Å². The Balaban J connectivity index is 1.22. The molecule has 0 saturated carbocycles. The predicted molar refractivity (Wildman–Crippen MR) is 203 cm³/mol. The van der Waals surface area contributed by atoms with Crippen molar-refractivity contribution < 1.29 is 19.4 Å². The molecule has 258 valence electrons. The molecule has 0 spiro atoms. The maximum absolute atomic E-state index is 13.8. The Bertz CT molecular complexity index is 1980. The number of thioether (sulfide) groups is 2. The van der Waals surface area contributed by atoms with Gasteiger partial charge in [-0.05, 0) is 68.0 Å². The molecule has 5 aromatic rings. The maximum Gasteiger partial charge on any atom is 0.256 e. The van der Waals surface area contributed by atoms with E-state index in [1.165, 1.54) is 0 Å². The Morgan fingerprint density at radius 3 is 2.59 bits per heavy atom. The van der Waals surface area contributed by atoms with Gasteiger partial charge in [0.25, 0.3) is 5.91 Å². The van der Waals surface area contributed by atoms with Crippen molar-refractivity contribution in [3.63, 3.8) is 0 Å². The van der Waals surface area contributed by atoms with Crippen molar-refractivity contribution in [3.8, 4) is 17.1 Å². The highest BCUT2D eigenvalue weighted by Gasteiger charge is 2.36.